The molecule has 4 rings (SSSR count). The lowest BCUT2D eigenvalue weighted by atomic mass is 10.2. The Labute approximate surface area is 137 Å². The third kappa shape index (κ3) is 2.57. The lowest BCUT2D eigenvalue weighted by molar-refractivity contribution is 0.0714. The van der Waals surface area contributed by atoms with Gasteiger partial charge in [0.25, 0.3) is 5.91 Å². The van der Waals surface area contributed by atoms with Crippen LogP contribution in [0.2, 0.25) is 0 Å². The molecular weight excluding hydrogens is 312 g/mol. The number of furan rings is 1. The third-order valence-corrected chi connectivity index (χ3v) is 4.99. The second-order valence-corrected chi connectivity index (χ2v) is 6.76. The molecule has 0 spiro atoms. The Balaban J connectivity index is 1.52. The van der Waals surface area contributed by atoms with E-state index in [2.05, 4.69) is 27.9 Å². The van der Waals surface area contributed by atoms with E-state index in [-0.39, 0.29) is 5.91 Å². The van der Waals surface area contributed by atoms with Crippen LogP contribution in [-0.2, 0) is 0 Å². The molecule has 7 heteroatoms. The van der Waals surface area contributed by atoms with Crippen LogP contribution in [0.4, 0.5) is 5.82 Å². The molecule has 3 aromatic heterocycles. The fourth-order valence-corrected chi connectivity index (χ4v) is 3.73. The van der Waals surface area contributed by atoms with Crippen LogP contribution in [0.3, 0.4) is 0 Å². The fourth-order valence-electron chi connectivity index (χ4n) is 2.89. The summed E-state index contributed by atoms with van der Waals surface area (Å²) in [5, 5.41) is 1.10. The van der Waals surface area contributed by atoms with Gasteiger partial charge in [0.2, 0.25) is 0 Å². The first-order valence-electron chi connectivity index (χ1n) is 7.51. The van der Waals surface area contributed by atoms with Gasteiger partial charge in [0.15, 0.2) is 5.76 Å². The van der Waals surface area contributed by atoms with E-state index in [4.69, 9.17) is 4.42 Å². The average molecular weight is 328 g/mol. The van der Waals surface area contributed by atoms with Crippen LogP contribution < -0.4 is 4.90 Å². The Bertz CT molecular complexity index is 835. The highest BCUT2D eigenvalue weighted by Gasteiger charge is 2.25. The van der Waals surface area contributed by atoms with Crippen LogP contribution >= 0.6 is 11.3 Å². The van der Waals surface area contributed by atoms with Gasteiger partial charge in [-0.2, -0.15) is 0 Å². The largest absolute Gasteiger partial charge is 0.459 e. The van der Waals surface area contributed by atoms with Crippen molar-refractivity contribution in [2.24, 2.45) is 0 Å². The number of nitrogens with zero attached hydrogens (tertiary/aromatic N) is 4. The fraction of sp³-hybridized carbons (Fsp3) is 0.312. The third-order valence-electron chi connectivity index (χ3n) is 4.03. The first-order valence-corrected chi connectivity index (χ1v) is 8.33. The van der Waals surface area contributed by atoms with Gasteiger partial charge in [-0.1, -0.05) is 0 Å². The number of thiophene rings is 1. The molecule has 1 amide bonds. The summed E-state index contributed by atoms with van der Waals surface area (Å²) in [5.74, 6) is 1.31. The van der Waals surface area contributed by atoms with E-state index < -0.39 is 0 Å². The maximum absolute atomic E-state index is 12.3. The molecule has 0 saturated carbocycles. The first-order chi connectivity index (χ1) is 11.2. The summed E-state index contributed by atoms with van der Waals surface area (Å²) in [6, 6.07) is 5.58. The monoisotopic (exact) mass is 328 g/mol. The van der Waals surface area contributed by atoms with Crippen LogP contribution in [0.5, 0.6) is 0 Å². The van der Waals surface area contributed by atoms with E-state index in [1.165, 1.54) is 11.1 Å². The molecule has 4 heterocycles. The van der Waals surface area contributed by atoms with Crippen LogP contribution in [0.15, 0.2) is 35.2 Å². The number of carbonyl (C=O) groups excluding carboxylic acids is 1. The van der Waals surface area contributed by atoms with Gasteiger partial charge >= 0.3 is 0 Å². The van der Waals surface area contributed by atoms with Crippen molar-refractivity contribution in [2.45, 2.75) is 6.92 Å². The minimum Gasteiger partial charge on any atom is -0.459 e. The van der Waals surface area contributed by atoms with Crippen LogP contribution in [0.1, 0.15) is 15.4 Å². The molecule has 1 fully saturated rings. The molecule has 0 aliphatic carbocycles. The van der Waals surface area contributed by atoms with E-state index in [1.807, 2.05) is 4.90 Å². The molecule has 0 atom stereocenters. The van der Waals surface area contributed by atoms with E-state index >= 15 is 0 Å². The second-order valence-electron chi connectivity index (χ2n) is 5.53. The zero-order chi connectivity index (χ0) is 15.8. The maximum atomic E-state index is 12.3. The topological polar surface area (TPSA) is 62.5 Å². The molecule has 118 valence electrons. The Morgan fingerprint density at radius 2 is 2.09 bits per heavy atom. The molecule has 0 N–H and O–H groups in total. The number of aromatic nitrogens is 2. The maximum Gasteiger partial charge on any atom is 0.289 e. The molecule has 0 unspecified atom stereocenters. The predicted octanol–water partition coefficient (Wildman–Crippen LogP) is 2.56. The lowest BCUT2D eigenvalue weighted by Crippen LogP contribution is -2.49. The summed E-state index contributed by atoms with van der Waals surface area (Å²) in [4.78, 5) is 27.4. The Morgan fingerprint density at radius 3 is 2.83 bits per heavy atom. The highest BCUT2D eigenvalue weighted by molar-refractivity contribution is 7.18. The number of carbonyl (C=O) groups is 1. The molecule has 1 aliphatic heterocycles. The summed E-state index contributed by atoms with van der Waals surface area (Å²) < 4.78 is 5.20. The number of amides is 1. The minimum absolute atomic E-state index is 0.0473. The van der Waals surface area contributed by atoms with E-state index in [1.54, 1.807) is 29.8 Å². The summed E-state index contributed by atoms with van der Waals surface area (Å²) >= 11 is 1.68. The van der Waals surface area contributed by atoms with Gasteiger partial charge in [0.05, 0.1) is 11.6 Å². The van der Waals surface area contributed by atoms with E-state index in [0.29, 0.717) is 18.8 Å². The number of piperazine rings is 1. The number of fused-ring (bicyclic) bond motifs is 1. The molecule has 0 radical (unpaired) electrons. The van der Waals surface area contributed by atoms with E-state index in [0.717, 1.165) is 29.1 Å². The van der Waals surface area contributed by atoms with Crippen molar-refractivity contribution >= 4 is 33.3 Å². The molecule has 1 saturated heterocycles. The van der Waals surface area contributed by atoms with Gasteiger partial charge in [0, 0.05) is 31.1 Å². The van der Waals surface area contributed by atoms with Crippen molar-refractivity contribution in [3.05, 3.63) is 41.4 Å². The summed E-state index contributed by atoms with van der Waals surface area (Å²) in [6.45, 7) is 4.92. The van der Waals surface area contributed by atoms with Crippen molar-refractivity contribution in [1.82, 2.24) is 14.9 Å². The van der Waals surface area contributed by atoms with Crippen LogP contribution in [0.25, 0.3) is 10.2 Å². The van der Waals surface area contributed by atoms with Crippen molar-refractivity contribution in [3.63, 3.8) is 0 Å². The molecule has 3 aromatic rings. The van der Waals surface area contributed by atoms with Gasteiger partial charge in [-0.25, -0.2) is 9.97 Å². The van der Waals surface area contributed by atoms with E-state index in [9.17, 15) is 4.79 Å². The number of hydrogen-bond donors (Lipinski definition) is 0. The van der Waals surface area contributed by atoms with Gasteiger partial charge < -0.3 is 14.2 Å². The molecule has 1 aliphatic rings. The van der Waals surface area contributed by atoms with Gasteiger partial charge in [-0.15, -0.1) is 11.3 Å². The molecular formula is C16H16N4O2S. The highest BCUT2D eigenvalue weighted by Crippen LogP contribution is 2.30. The summed E-state index contributed by atoms with van der Waals surface area (Å²) in [7, 11) is 0. The highest BCUT2D eigenvalue weighted by atomic mass is 32.1. The smallest absolute Gasteiger partial charge is 0.289 e. The Hall–Kier alpha value is -2.41. The standard InChI is InChI=1S/C16H16N4O2S/c1-11-9-12-14(17-10-18-15(12)23-11)19-4-6-20(7-5-19)16(21)13-3-2-8-22-13/h2-3,8-10H,4-7H2,1H3. The number of hydrogen-bond acceptors (Lipinski definition) is 6. The number of anilines is 1. The number of rotatable bonds is 2. The zero-order valence-corrected chi connectivity index (χ0v) is 13.5. The first kappa shape index (κ1) is 14.2. The minimum atomic E-state index is -0.0473. The quantitative estimate of drug-likeness (QED) is 0.723. The normalized spacial score (nSPS) is 15.3. The zero-order valence-electron chi connectivity index (χ0n) is 12.7. The summed E-state index contributed by atoms with van der Waals surface area (Å²) in [5.41, 5.74) is 0. The average Bonchev–Trinajstić information content (AvgIpc) is 3.22. The van der Waals surface area contributed by atoms with Gasteiger partial charge in [-0.3, -0.25) is 4.79 Å². The van der Waals surface area contributed by atoms with Crippen LogP contribution in [-0.4, -0.2) is 47.0 Å². The number of aryl methyl sites for hydroxylation is 1. The van der Waals surface area contributed by atoms with Crippen molar-refractivity contribution in [2.75, 3.05) is 31.1 Å². The van der Waals surface area contributed by atoms with Crippen molar-refractivity contribution in [1.29, 1.82) is 0 Å². The Morgan fingerprint density at radius 1 is 1.26 bits per heavy atom. The van der Waals surface area contributed by atoms with Crippen molar-refractivity contribution < 1.29 is 9.21 Å². The summed E-state index contributed by atoms with van der Waals surface area (Å²) in [6.07, 6.45) is 3.15. The molecule has 6 nitrogen and oxygen atoms in total. The molecule has 0 aromatic carbocycles. The van der Waals surface area contributed by atoms with Crippen molar-refractivity contribution in [3.8, 4) is 0 Å². The van der Waals surface area contributed by atoms with Gasteiger partial charge in [-0.05, 0) is 25.1 Å². The SMILES string of the molecule is Cc1cc2c(N3CCN(C(=O)c4ccco4)CC3)ncnc2s1. The lowest BCUT2D eigenvalue weighted by Gasteiger charge is -2.35. The van der Waals surface area contributed by atoms with Gasteiger partial charge in [0.1, 0.15) is 17.0 Å². The molecule has 0 bridgehead atoms. The Kier molecular flexibility index (Phi) is 3.49. The predicted molar refractivity (Wildman–Crippen MR) is 89.0 cm³/mol. The molecule has 23 heavy (non-hydrogen) atoms. The second kappa shape index (κ2) is 5.66. The van der Waals surface area contributed by atoms with Crippen LogP contribution in [0, 0.1) is 6.92 Å².